The first-order valence-corrected chi connectivity index (χ1v) is 3.49. The normalized spacial score (nSPS) is 9.08. The van der Waals surface area contributed by atoms with Crippen molar-refractivity contribution in [1.82, 2.24) is 4.98 Å². The van der Waals surface area contributed by atoms with Crippen molar-refractivity contribution in [2.75, 3.05) is 7.11 Å². The molecule has 0 bridgehead atoms. The molecule has 6 heteroatoms. The number of aromatic nitrogens is 1. The first-order chi connectivity index (χ1) is 6.19. The van der Waals surface area contributed by atoms with Gasteiger partial charge in [0.1, 0.15) is 17.5 Å². The summed E-state index contributed by atoms with van der Waals surface area (Å²) in [6.45, 7) is 0. The molecule has 0 saturated heterocycles. The summed E-state index contributed by atoms with van der Waals surface area (Å²) in [5.74, 6) is 0.238. The van der Waals surface area contributed by atoms with E-state index < -0.39 is 7.12 Å². The summed E-state index contributed by atoms with van der Waals surface area (Å²) in [4.78, 5) is 3.67. The van der Waals surface area contributed by atoms with E-state index >= 15 is 0 Å². The van der Waals surface area contributed by atoms with Crippen LogP contribution in [0.3, 0.4) is 0 Å². The largest absolute Gasteiger partial charge is 0.497 e. The first kappa shape index (κ1) is 9.51. The molecule has 0 aliphatic carbocycles. The van der Waals surface area contributed by atoms with Crippen molar-refractivity contribution >= 4 is 12.6 Å². The molecule has 0 aliphatic heterocycles. The second-order valence-corrected chi connectivity index (χ2v) is 2.30. The molecule has 1 aromatic rings. The zero-order valence-corrected chi connectivity index (χ0v) is 6.93. The molecule has 0 atom stereocenters. The van der Waals surface area contributed by atoms with E-state index in [-0.39, 0.29) is 16.9 Å². The third kappa shape index (κ3) is 1.96. The van der Waals surface area contributed by atoms with Crippen molar-refractivity contribution in [2.24, 2.45) is 0 Å². The fourth-order valence-corrected chi connectivity index (χ4v) is 0.879. The summed E-state index contributed by atoms with van der Waals surface area (Å²) < 4.78 is 4.84. The highest BCUT2D eigenvalue weighted by Gasteiger charge is 2.17. The van der Waals surface area contributed by atoms with E-state index in [4.69, 9.17) is 20.0 Å². The highest BCUT2D eigenvalue weighted by atomic mass is 16.5. The van der Waals surface area contributed by atoms with Crippen LogP contribution < -0.4 is 10.2 Å². The van der Waals surface area contributed by atoms with Gasteiger partial charge in [0.05, 0.1) is 7.11 Å². The molecule has 1 rings (SSSR count). The molecule has 0 saturated carbocycles. The van der Waals surface area contributed by atoms with Crippen LogP contribution in [0.1, 0.15) is 5.69 Å². The molecule has 2 N–H and O–H groups in total. The Hall–Kier alpha value is -1.58. The molecular weight excluding hydrogens is 171 g/mol. The second kappa shape index (κ2) is 3.89. The van der Waals surface area contributed by atoms with Crippen molar-refractivity contribution in [3.63, 3.8) is 0 Å². The zero-order valence-electron chi connectivity index (χ0n) is 6.93. The number of nitrogens with zero attached hydrogens (tertiary/aromatic N) is 2. The van der Waals surface area contributed by atoms with Gasteiger partial charge in [0.25, 0.3) is 0 Å². The lowest BCUT2D eigenvalue weighted by molar-refractivity contribution is 0.402. The van der Waals surface area contributed by atoms with E-state index in [1.165, 1.54) is 19.4 Å². The Balaban J connectivity index is 3.17. The van der Waals surface area contributed by atoms with Gasteiger partial charge in [-0.1, -0.05) is 0 Å². The van der Waals surface area contributed by atoms with Crippen LogP contribution in [0, 0.1) is 11.3 Å². The van der Waals surface area contributed by atoms with Crippen molar-refractivity contribution in [3.8, 4) is 11.8 Å². The maximum atomic E-state index is 8.85. The minimum atomic E-state index is -1.64. The molecule has 0 aromatic carbocycles. The molecule has 0 fully saturated rings. The summed E-state index contributed by atoms with van der Waals surface area (Å²) in [5, 5.41) is 26.2. The lowest BCUT2D eigenvalue weighted by atomic mass is 9.81. The van der Waals surface area contributed by atoms with Gasteiger partial charge in [-0.05, 0) is 0 Å². The molecule has 0 unspecified atom stereocenters. The number of nitriles is 1. The standard InChI is InChI=1S/C7H7BN2O3/c1-13-7-2-5(3-9)10-4-6(7)8(11)12/h2,4,11-12H,1H3. The SMILES string of the molecule is COc1cc(C#N)ncc1B(O)O. The third-order valence-corrected chi connectivity index (χ3v) is 1.51. The fourth-order valence-electron chi connectivity index (χ4n) is 0.879. The quantitative estimate of drug-likeness (QED) is 0.546. The number of rotatable bonds is 2. The lowest BCUT2D eigenvalue weighted by Gasteiger charge is -2.06. The average molecular weight is 178 g/mol. The van der Waals surface area contributed by atoms with Gasteiger partial charge >= 0.3 is 7.12 Å². The maximum absolute atomic E-state index is 8.85. The van der Waals surface area contributed by atoms with Crippen molar-refractivity contribution in [1.29, 1.82) is 5.26 Å². The van der Waals surface area contributed by atoms with Gasteiger partial charge in [-0.3, -0.25) is 0 Å². The minimum absolute atomic E-state index is 0.140. The van der Waals surface area contributed by atoms with E-state index in [0.717, 1.165) is 0 Å². The Morgan fingerprint density at radius 3 is 2.77 bits per heavy atom. The minimum Gasteiger partial charge on any atom is -0.497 e. The lowest BCUT2D eigenvalue weighted by Crippen LogP contribution is -2.31. The third-order valence-electron chi connectivity index (χ3n) is 1.51. The molecule has 0 spiro atoms. The van der Waals surface area contributed by atoms with Crippen LogP contribution in [0.5, 0.6) is 5.75 Å². The topological polar surface area (TPSA) is 86.4 Å². The second-order valence-electron chi connectivity index (χ2n) is 2.30. The zero-order chi connectivity index (χ0) is 9.84. The summed E-state index contributed by atoms with van der Waals surface area (Å²) in [7, 11) is -0.266. The van der Waals surface area contributed by atoms with E-state index in [1.807, 2.05) is 6.07 Å². The van der Waals surface area contributed by atoms with Crippen molar-refractivity contribution < 1.29 is 14.8 Å². The molecular formula is C7H7BN2O3. The molecule has 13 heavy (non-hydrogen) atoms. The first-order valence-electron chi connectivity index (χ1n) is 3.49. The van der Waals surface area contributed by atoms with Crippen LogP contribution in [-0.4, -0.2) is 29.3 Å². The molecule has 1 heterocycles. The summed E-state index contributed by atoms with van der Waals surface area (Å²) in [6, 6.07) is 3.16. The number of hydrogen-bond donors (Lipinski definition) is 2. The van der Waals surface area contributed by atoms with Gasteiger partial charge < -0.3 is 14.8 Å². The van der Waals surface area contributed by atoms with Gasteiger partial charge in [0, 0.05) is 17.7 Å². The summed E-state index contributed by atoms with van der Waals surface area (Å²) in [6.07, 6.45) is 1.20. The predicted molar refractivity (Wildman–Crippen MR) is 45.3 cm³/mol. The average Bonchev–Trinajstić information content (AvgIpc) is 2.16. The maximum Gasteiger partial charge on any atom is 0.493 e. The van der Waals surface area contributed by atoms with Crippen LogP contribution in [-0.2, 0) is 0 Å². The van der Waals surface area contributed by atoms with Crippen molar-refractivity contribution in [3.05, 3.63) is 18.0 Å². The number of hydrogen-bond acceptors (Lipinski definition) is 5. The Bertz CT molecular complexity index is 348. The van der Waals surface area contributed by atoms with E-state index in [2.05, 4.69) is 4.98 Å². The Labute approximate surface area is 75.4 Å². The van der Waals surface area contributed by atoms with Gasteiger partial charge in [0.15, 0.2) is 0 Å². The summed E-state index contributed by atoms with van der Waals surface area (Å²) in [5.41, 5.74) is 0.308. The Morgan fingerprint density at radius 2 is 2.31 bits per heavy atom. The van der Waals surface area contributed by atoms with E-state index in [1.54, 1.807) is 0 Å². The van der Waals surface area contributed by atoms with E-state index in [9.17, 15) is 0 Å². The van der Waals surface area contributed by atoms with Crippen LogP contribution in [0.15, 0.2) is 12.3 Å². The Morgan fingerprint density at radius 1 is 1.62 bits per heavy atom. The molecule has 0 radical (unpaired) electrons. The molecule has 66 valence electrons. The van der Waals surface area contributed by atoms with Gasteiger partial charge in [-0.15, -0.1) is 0 Å². The molecule has 5 nitrogen and oxygen atoms in total. The number of pyridine rings is 1. The predicted octanol–water partition coefficient (Wildman–Crippen LogP) is -1.36. The van der Waals surface area contributed by atoms with Crippen LogP contribution in [0.25, 0.3) is 0 Å². The Kier molecular flexibility index (Phi) is 2.85. The van der Waals surface area contributed by atoms with Crippen LogP contribution >= 0.6 is 0 Å². The van der Waals surface area contributed by atoms with Gasteiger partial charge in [0.2, 0.25) is 0 Å². The van der Waals surface area contributed by atoms with E-state index in [0.29, 0.717) is 0 Å². The highest BCUT2D eigenvalue weighted by molar-refractivity contribution is 6.59. The number of methoxy groups -OCH3 is 1. The van der Waals surface area contributed by atoms with Gasteiger partial charge in [-0.2, -0.15) is 5.26 Å². The summed E-state index contributed by atoms with van der Waals surface area (Å²) >= 11 is 0. The monoisotopic (exact) mass is 178 g/mol. The molecule has 0 amide bonds. The van der Waals surface area contributed by atoms with Crippen LogP contribution in [0.2, 0.25) is 0 Å². The molecule has 0 aliphatic rings. The highest BCUT2D eigenvalue weighted by Crippen LogP contribution is 2.07. The molecule has 1 aromatic heterocycles. The van der Waals surface area contributed by atoms with Crippen molar-refractivity contribution in [2.45, 2.75) is 0 Å². The smallest absolute Gasteiger partial charge is 0.493 e. The number of ether oxygens (including phenoxy) is 1. The van der Waals surface area contributed by atoms with Gasteiger partial charge in [-0.25, -0.2) is 4.98 Å². The fraction of sp³-hybridized carbons (Fsp3) is 0.143. The van der Waals surface area contributed by atoms with Crippen LogP contribution in [0.4, 0.5) is 0 Å².